The highest BCUT2D eigenvalue weighted by Crippen LogP contribution is 2.22. The van der Waals surface area contributed by atoms with Gasteiger partial charge in [-0.05, 0) is 43.3 Å². The summed E-state index contributed by atoms with van der Waals surface area (Å²) in [6.45, 7) is 2.47. The van der Waals surface area contributed by atoms with Crippen molar-refractivity contribution < 1.29 is 14.6 Å². The standard InChI is InChI=1S/C15H16O3/c1-11-3-8-15(17-2)12(9-11)10-18-14-6-4-13(16)5-7-14/h3-9,16H,10H2,1-2H3. The Bertz CT molecular complexity index is 518. The molecule has 3 nitrogen and oxygen atoms in total. The monoisotopic (exact) mass is 244 g/mol. The van der Waals surface area contributed by atoms with Crippen LogP contribution in [0.5, 0.6) is 17.2 Å². The van der Waals surface area contributed by atoms with E-state index in [9.17, 15) is 5.11 Å². The summed E-state index contributed by atoms with van der Waals surface area (Å²) in [5.41, 5.74) is 2.17. The molecule has 0 aromatic heterocycles. The lowest BCUT2D eigenvalue weighted by Crippen LogP contribution is -1.99. The van der Waals surface area contributed by atoms with Gasteiger partial charge >= 0.3 is 0 Å². The molecular weight excluding hydrogens is 228 g/mol. The molecule has 1 N–H and O–H groups in total. The van der Waals surface area contributed by atoms with Crippen LogP contribution in [0.25, 0.3) is 0 Å². The van der Waals surface area contributed by atoms with Crippen molar-refractivity contribution in [1.29, 1.82) is 0 Å². The Morgan fingerprint density at radius 1 is 1.06 bits per heavy atom. The number of hydrogen-bond donors (Lipinski definition) is 1. The van der Waals surface area contributed by atoms with E-state index in [1.165, 1.54) is 5.56 Å². The quantitative estimate of drug-likeness (QED) is 0.897. The van der Waals surface area contributed by atoms with Gasteiger partial charge in [0.25, 0.3) is 0 Å². The summed E-state index contributed by atoms with van der Waals surface area (Å²) in [6.07, 6.45) is 0. The third-order valence-corrected chi connectivity index (χ3v) is 2.67. The molecule has 0 heterocycles. The topological polar surface area (TPSA) is 38.7 Å². The van der Waals surface area contributed by atoms with Gasteiger partial charge in [-0.2, -0.15) is 0 Å². The molecular formula is C15H16O3. The first kappa shape index (κ1) is 12.3. The summed E-state index contributed by atoms with van der Waals surface area (Å²) in [5, 5.41) is 9.18. The minimum Gasteiger partial charge on any atom is -0.508 e. The first-order valence-corrected chi connectivity index (χ1v) is 5.74. The minimum atomic E-state index is 0.232. The predicted molar refractivity (Wildman–Crippen MR) is 70.2 cm³/mol. The van der Waals surface area contributed by atoms with Gasteiger partial charge in [0.15, 0.2) is 0 Å². The molecule has 0 atom stereocenters. The molecule has 0 saturated carbocycles. The van der Waals surface area contributed by atoms with Gasteiger partial charge in [-0.1, -0.05) is 11.6 Å². The van der Waals surface area contributed by atoms with Crippen LogP contribution in [0.2, 0.25) is 0 Å². The average molecular weight is 244 g/mol. The number of aryl methyl sites for hydroxylation is 1. The third kappa shape index (κ3) is 2.94. The number of phenols is 1. The lowest BCUT2D eigenvalue weighted by Gasteiger charge is -2.11. The van der Waals surface area contributed by atoms with Gasteiger partial charge in [0, 0.05) is 5.56 Å². The minimum absolute atomic E-state index is 0.232. The van der Waals surface area contributed by atoms with E-state index in [4.69, 9.17) is 9.47 Å². The zero-order chi connectivity index (χ0) is 13.0. The van der Waals surface area contributed by atoms with Crippen LogP contribution in [0.15, 0.2) is 42.5 Å². The van der Waals surface area contributed by atoms with Crippen LogP contribution < -0.4 is 9.47 Å². The number of hydrogen-bond acceptors (Lipinski definition) is 3. The molecule has 0 aliphatic rings. The van der Waals surface area contributed by atoms with Crippen LogP contribution in [0, 0.1) is 6.92 Å². The highest BCUT2D eigenvalue weighted by Gasteiger charge is 2.04. The number of rotatable bonds is 4. The summed E-state index contributed by atoms with van der Waals surface area (Å²) in [7, 11) is 1.65. The van der Waals surface area contributed by atoms with Crippen LogP contribution in [-0.2, 0) is 6.61 Å². The zero-order valence-electron chi connectivity index (χ0n) is 10.5. The Morgan fingerprint density at radius 3 is 2.44 bits per heavy atom. The molecule has 94 valence electrons. The van der Waals surface area contributed by atoms with E-state index in [1.54, 1.807) is 31.4 Å². The van der Waals surface area contributed by atoms with Gasteiger partial charge in [-0.25, -0.2) is 0 Å². The van der Waals surface area contributed by atoms with E-state index in [-0.39, 0.29) is 5.75 Å². The Morgan fingerprint density at radius 2 is 1.78 bits per heavy atom. The maximum atomic E-state index is 9.18. The molecule has 18 heavy (non-hydrogen) atoms. The van der Waals surface area contributed by atoms with Crippen molar-refractivity contribution in [3.63, 3.8) is 0 Å². The van der Waals surface area contributed by atoms with Gasteiger partial charge in [-0.3, -0.25) is 0 Å². The number of benzene rings is 2. The molecule has 0 bridgehead atoms. The fraction of sp³-hybridized carbons (Fsp3) is 0.200. The second kappa shape index (κ2) is 5.45. The zero-order valence-corrected chi connectivity index (χ0v) is 10.5. The highest BCUT2D eigenvalue weighted by molar-refractivity contribution is 5.37. The van der Waals surface area contributed by atoms with Crippen LogP contribution in [0.1, 0.15) is 11.1 Å². The SMILES string of the molecule is COc1ccc(C)cc1COc1ccc(O)cc1. The fourth-order valence-electron chi connectivity index (χ4n) is 1.72. The summed E-state index contributed by atoms with van der Waals surface area (Å²) < 4.78 is 10.9. The molecule has 3 heteroatoms. The first-order valence-electron chi connectivity index (χ1n) is 5.74. The highest BCUT2D eigenvalue weighted by atomic mass is 16.5. The normalized spacial score (nSPS) is 10.1. The Labute approximate surface area is 107 Å². The second-order valence-electron chi connectivity index (χ2n) is 4.10. The van der Waals surface area contributed by atoms with Crippen molar-refractivity contribution in [2.75, 3.05) is 7.11 Å². The predicted octanol–water partition coefficient (Wildman–Crippen LogP) is 3.29. The third-order valence-electron chi connectivity index (χ3n) is 2.67. The van der Waals surface area contributed by atoms with E-state index >= 15 is 0 Å². The Kier molecular flexibility index (Phi) is 3.72. The van der Waals surface area contributed by atoms with Gasteiger partial charge in [0.05, 0.1) is 7.11 Å². The maximum absolute atomic E-state index is 9.18. The summed E-state index contributed by atoms with van der Waals surface area (Å²) in [4.78, 5) is 0. The lowest BCUT2D eigenvalue weighted by molar-refractivity contribution is 0.296. The van der Waals surface area contributed by atoms with E-state index in [0.717, 1.165) is 17.1 Å². The molecule has 2 rings (SSSR count). The van der Waals surface area contributed by atoms with Crippen LogP contribution in [-0.4, -0.2) is 12.2 Å². The summed E-state index contributed by atoms with van der Waals surface area (Å²) in [6, 6.07) is 12.6. The lowest BCUT2D eigenvalue weighted by atomic mass is 10.1. The van der Waals surface area contributed by atoms with Crippen molar-refractivity contribution in [3.05, 3.63) is 53.6 Å². The molecule has 0 amide bonds. The Balaban J connectivity index is 2.09. The number of phenolic OH excluding ortho intramolecular Hbond substituents is 1. The number of aromatic hydroxyl groups is 1. The van der Waals surface area contributed by atoms with Crippen molar-refractivity contribution in [2.24, 2.45) is 0 Å². The van der Waals surface area contributed by atoms with E-state index in [0.29, 0.717) is 6.61 Å². The largest absolute Gasteiger partial charge is 0.508 e. The number of ether oxygens (including phenoxy) is 2. The fourth-order valence-corrected chi connectivity index (χ4v) is 1.72. The van der Waals surface area contributed by atoms with Gasteiger partial charge in [0.1, 0.15) is 23.9 Å². The number of methoxy groups -OCH3 is 1. The van der Waals surface area contributed by atoms with Gasteiger partial charge in [0.2, 0.25) is 0 Å². The molecule has 0 fully saturated rings. The molecule has 0 spiro atoms. The molecule has 0 unspecified atom stereocenters. The first-order chi connectivity index (χ1) is 8.69. The Hall–Kier alpha value is -2.16. The van der Waals surface area contributed by atoms with Gasteiger partial charge < -0.3 is 14.6 Å². The van der Waals surface area contributed by atoms with E-state index < -0.39 is 0 Å². The van der Waals surface area contributed by atoms with Crippen molar-refractivity contribution in [2.45, 2.75) is 13.5 Å². The van der Waals surface area contributed by atoms with Crippen LogP contribution in [0.4, 0.5) is 0 Å². The maximum Gasteiger partial charge on any atom is 0.125 e. The van der Waals surface area contributed by atoms with Crippen molar-refractivity contribution in [1.82, 2.24) is 0 Å². The molecule has 0 radical (unpaired) electrons. The molecule has 0 aliphatic heterocycles. The summed E-state index contributed by atoms with van der Waals surface area (Å²) in [5.74, 6) is 1.77. The molecule has 2 aromatic carbocycles. The smallest absolute Gasteiger partial charge is 0.125 e. The van der Waals surface area contributed by atoms with Gasteiger partial charge in [-0.15, -0.1) is 0 Å². The van der Waals surface area contributed by atoms with Crippen molar-refractivity contribution in [3.8, 4) is 17.2 Å². The molecule has 2 aromatic rings. The van der Waals surface area contributed by atoms with E-state index in [2.05, 4.69) is 0 Å². The van der Waals surface area contributed by atoms with E-state index in [1.807, 2.05) is 25.1 Å². The van der Waals surface area contributed by atoms with Crippen LogP contribution >= 0.6 is 0 Å². The molecule has 0 saturated heterocycles. The average Bonchev–Trinajstić information content (AvgIpc) is 2.38. The second-order valence-corrected chi connectivity index (χ2v) is 4.10. The van der Waals surface area contributed by atoms with Crippen LogP contribution in [0.3, 0.4) is 0 Å². The molecule has 0 aliphatic carbocycles. The van der Waals surface area contributed by atoms with Crippen molar-refractivity contribution >= 4 is 0 Å². The summed E-state index contributed by atoms with van der Waals surface area (Å²) >= 11 is 0.